The van der Waals surface area contributed by atoms with Crippen LogP contribution in [0.1, 0.15) is 16.1 Å². The third-order valence-corrected chi connectivity index (χ3v) is 2.41. The van der Waals surface area contributed by atoms with Gasteiger partial charge in [0.2, 0.25) is 0 Å². The van der Waals surface area contributed by atoms with Crippen molar-refractivity contribution < 1.29 is 4.79 Å². The number of carbonyl (C=O) groups excluding carboxylic acids is 1. The van der Waals surface area contributed by atoms with Gasteiger partial charge in [-0.1, -0.05) is 16.8 Å². The summed E-state index contributed by atoms with van der Waals surface area (Å²) in [7, 11) is 1.77. The monoisotopic (exact) mass is 235 g/mol. The lowest BCUT2D eigenvalue weighted by Crippen LogP contribution is -2.03. The van der Waals surface area contributed by atoms with Crippen LogP contribution in [0.4, 0.5) is 0 Å². The molecule has 1 aromatic carbocycles. The maximum Gasteiger partial charge on any atom is 0.168 e. The van der Waals surface area contributed by atoms with Crippen molar-refractivity contribution in [3.05, 3.63) is 46.7 Å². The highest BCUT2D eigenvalue weighted by molar-refractivity contribution is 6.30. The van der Waals surface area contributed by atoms with Crippen LogP contribution < -0.4 is 0 Å². The van der Waals surface area contributed by atoms with Gasteiger partial charge in [-0.2, -0.15) is 0 Å². The minimum atomic E-state index is 0.0113. The van der Waals surface area contributed by atoms with Crippen LogP contribution >= 0.6 is 11.6 Å². The van der Waals surface area contributed by atoms with Crippen LogP contribution in [0.3, 0.4) is 0 Å². The number of aromatic nitrogens is 3. The molecular weight excluding hydrogens is 226 g/mol. The molecule has 0 aliphatic carbocycles. The lowest BCUT2D eigenvalue weighted by molar-refractivity contribution is 0.0992. The fraction of sp³-hybridized carbons (Fsp3) is 0.182. The molecule has 2 rings (SSSR count). The Balaban J connectivity index is 2.11. The van der Waals surface area contributed by atoms with Crippen LogP contribution in [-0.4, -0.2) is 20.8 Å². The largest absolute Gasteiger partial charge is 0.294 e. The van der Waals surface area contributed by atoms with Crippen molar-refractivity contribution in [3.8, 4) is 0 Å². The molecule has 0 radical (unpaired) electrons. The molecule has 82 valence electrons. The average Bonchev–Trinajstić information content (AvgIpc) is 2.65. The van der Waals surface area contributed by atoms with Crippen LogP contribution in [-0.2, 0) is 13.5 Å². The topological polar surface area (TPSA) is 47.8 Å². The zero-order valence-electron chi connectivity index (χ0n) is 8.72. The van der Waals surface area contributed by atoms with Gasteiger partial charge in [0, 0.05) is 23.8 Å². The highest BCUT2D eigenvalue weighted by Gasteiger charge is 2.09. The minimum Gasteiger partial charge on any atom is -0.294 e. The fourth-order valence-electron chi connectivity index (χ4n) is 1.38. The first-order valence-electron chi connectivity index (χ1n) is 4.79. The van der Waals surface area contributed by atoms with E-state index in [1.807, 2.05) is 0 Å². The Morgan fingerprint density at radius 1 is 1.38 bits per heavy atom. The number of aryl methyl sites for hydroxylation is 1. The van der Waals surface area contributed by atoms with E-state index in [0.29, 0.717) is 16.3 Å². The van der Waals surface area contributed by atoms with Gasteiger partial charge in [-0.05, 0) is 24.3 Å². The molecule has 0 bridgehead atoms. The van der Waals surface area contributed by atoms with Crippen LogP contribution in [0.2, 0.25) is 5.02 Å². The average molecular weight is 236 g/mol. The van der Waals surface area contributed by atoms with Crippen LogP contribution in [0.15, 0.2) is 30.5 Å². The summed E-state index contributed by atoms with van der Waals surface area (Å²) in [5, 5.41) is 8.26. The van der Waals surface area contributed by atoms with Gasteiger partial charge in [0.25, 0.3) is 0 Å². The zero-order chi connectivity index (χ0) is 11.5. The molecule has 5 heteroatoms. The summed E-state index contributed by atoms with van der Waals surface area (Å²) in [6, 6.07) is 6.82. The number of rotatable bonds is 3. The summed E-state index contributed by atoms with van der Waals surface area (Å²) in [4.78, 5) is 11.8. The van der Waals surface area contributed by atoms with Crippen molar-refractivity contribution in [3.63, 3.8) is 0 Å². The Bertz CT molecular complexity index is 504. The summed E-state index contributed by atoms with van der Waals surface area (Å²) in [6.07, 6.45) is 1.99. The second-order valence-electron chi connectivity index (χ2n) is 3.49. The van der Waals surface area contributed by atoms with Crippen molar-refractivity contribution in [2.45, 2.75) is 6.42 Å². The van der Waals surface area contributed by atoms with E-state index < -0.39 is 0 Å². The highest BCUT2D eigenvalue weighted by Crippen LogP contribution is 2.11. The third-order valence-electron chi connectivity index (χ3n) is 2.16. The molecule has 2 aromatic rings. The van der Waals surface area contributed by atoms with Crippen molar-refractivity contribution >= 4 is 17.4 Å². The maximum absolute atomic E-state index is 11.8. The first kappa shape index (κ1) is 10.8. The van der Waals surface area contributed by atoms with Crippen molar-refractivity contribution in [1.82, 2.24) is 15.0 Å². The first-order chi connectivity index (χ1) is 7.65. The van der Waals surface area contributed by atoms with E-state index >= 15 is 0 Å². The lowest BCUT2D eigenvalue weighted by Gasteiger charge is -1.98. The number of ketones is 1. The minimum absolute atomic E-state index is 0.0113. The Labute approximate surface area is 97.8 Å². The van der Waals surface area contributed by atoms with E-state index in [-0.39, 0.29) is 12.2 Å². The molecule has 0 spiro atoms. The molecule has 1 heterocycles. The fourth-order valence-corrected chi connectivity index (χ4v) is 1.50. The van der Waals surface area contributed by atoms with E-state index in [1.54, 1.807) is 42.2 Å². The molecule has 0 aliphatic rings. The van der Waals surface area contributed by atoms with E-state index in [2.05, 4.69) is 10.3 Å². The SMILES string of the molecule is Cn1cc(CC(=O)c2ccc(Cl)cc2)nn1. The lowest BCUT2D eigenvalue weighted by atomic mass is 10.1. The molecule has 0 unspecified atom stereocenters. The van der Waals surface area contributed by atoms with Gasteiger partial charge in [0.1, 0.15) is 0 Å². The van der Waals surface area contributed by atoms with Gasteiger partial charge < -0.3 is 0 Å². The quantitative estimate of drug-likeness (QED) is 0.764. The molecule has 4 nitrogen and oxygen atoms in total. The number of nitrogens with zero attached hydrogens (tertiary/aromatic N) is 3. The summed E-state index contributed by atoms with van der Waals surface area (Å²) in [5.41, 5.74) is 1.30. The maximum atomic E-state index is 11.8. The van der Waals surface area contributed by atoms with Crippen molar-refractivity contribution in [2.24, 2.45) is 7.05 Å². The zero-order valence-corrected chi connectivity index (χ0v) is 9.48. The molecule has 0 atom stereocenters. The predicted octanol–water partition coefficient (Wildman–Crippen LogP) is 1.89. The van der Waals surface area contributed by atoms with Gasteiger partial charge in [0.15, 0.2) is 5.78 Å². The molecule has 0 N–H and O–H groups in total. The summed E-state index contributed by atoms with van der Waals surface area (Å²) in [6.45, 7) is 0. The number of hydrogen-bond acceptors (Lipinski definition) is 3. The molecule has 0 saturated carbocycles. The number of carbonyl (C=O) groups is 1. The molecule has 1 aromatic heterocycles. The van der Waals surface area contributed by atoms with Crippen molar-refractivity contribution in [1.29, 1.82) is 0 Å². The third kappa shape index (κ3) is 2.46. The highest BCUT2D eigenvalue weighted by atomic mass is 35.5. The van der Waals surface area contributed by atoms with Gasteiger partial charge in [0.05, 0.1) is 12.1 Å². The number of hydrogen-bond donors (Lipinski definition) is 0. The van der Waals surface area contributed by atoms with E-state index in [4.69, 9.17) is 11.6 Å². The summed E-state index contributed by atoms with van der Waals surface area (Å²) >= 11 is 5.74. The normalized spacial score (nSPS) is 10.4. The molecule has 16 heavy (non-hydrogen) atoms. The van der Waals surface area contributed by atoms with Gasteiger partial charge in [-0.3, -0.25) is 9.48 Å². The number of halogens is 1. The van der Waals surface area contributed by atoms with Crippen molar-refractivity contribution in [2.75, 3.05) is 0 Å². The standard InChI is InChI=1S/C11H10ClN3O/c1-15-7-10(13-14-15)6-11(16)8-2-4-9(12)5-3-8/h2-5,7H,6H2,1H3. The second kappa shape index (κ2) is 4.45. The van der Waals surface area contributed by atoms with E-state index in [9.17, 15) is 4.79 Å². The van der Waals surface area contributed by atoms with E-state index in [0.717, 1.165) is 0 Å². The smallest absolute Gasteiger partial charge is 0.168 e. The Morgan fingerprint density at radius 3 is 2.62 bits per heavy atom. The molecule has 0 saturated heterocycles. The Hall–Kier alpha value is -1.68. The predicted molar refractivity (Wildman–Crippen MR) is 60.5 cm³/mol. The van der Waals surface area contributed by atoms with Gasteiger partial charge in [-0.15, -0.1) is 5.10 Å². The molecule has 0 fully saturated rings. The molecule has 0 aliphatic heterocycles. The van der Waals surface area contributed by atoms with Crippen LogP contribution in [0.25, 0.3) is 0 Å². The summed E-state index contributed by atoms with van der Waals surface area (Å²) in [5.74, 6) is 0.0113. The summed E-state index contributed by atoms with van der Waals surface area (Å²) < 4.78 is 1.57. The van der Waals surface area contributed by atoms with Crippen LogP contribution in [0.5, 0.6) is 0 Å². The Morgan fingerprint density at radius 2 is 2.06 bits per heavy atom. The van der Waals surface area contributed by atoms with Gasteiger partial charge >= 0.3 is 0 Å². The number of Topliss-reactive ketones (excluding diaryl/α,β-unsaturated/α-hetero) is 1. The molecular formula is C11H10ClN3O. The second-order valence-corrected chi connectivity index (χ2v) is 3.93. The molecule has 0 amide bonds. The number of benzene rings is 1. The van der Waals surface area contributed by atoms with Crippen LogP contribution in [0, 0.1) is 0 Å². The van der Waals surface area contributed by atoms with E-state index in [1.165, 1.54) is 0 Å². The van der Waals surface area contributed by atoms with Gasteiger partial charge in [-0.25, -0.2) is 0 Å². The Kier molecular flexibility index (Phi) is 3.01. The first-order valence-corrected chi connectivity index (χ1v) is 5.17.